The van der Waals surface area contributed by atoms with Gasteiger partial charge in [0.1, 0.15) is 12.3 Å². The molecule has 0 saturated heterocycles. The Morgan fingerprint density at radius 1 is 1.00 bits per heavy atom. The average Bonchev–Trinajstić information content (AvgIpc) is 3.11. The van der Waals surface area contributed by atoms with Crippen LogP contribution in [0.15, 0.2) is 54.6 Å². The smallest absolute Gasteiger partial charge is 0.329 e. The van der Waals surface area contributed by atoms with Gasteiger partial charge in [-0.15, -0.1) is 0 Å². The van der Waals surface area contributed by atoms with Gasteiger partial charge in [-0.1, -0.05) is 54.1 Å². The van der Waals surface area contributed by atoms with E-state index in [0.29, 0.717) is 18.4 Å². The van der Waals surface area contributed by atoms with E-state index in [2.05, 4.69) is 67.1 Å². The molecule has 32 heavy (non-hydrogen) atoms. The Morgan fingerprint density at radius 3 is 2.38 bits per heavy atom. The molecule has 1 aliphatic rings. The highest BCUT2D eigenvalue weighted by atomic mass is 16.5. The number of aryl methyl sites for hydroxylation is 1. The van der Waals surface area contributed by atoms with Crippen molar-refractivity contribution in [2.45, 2.75) is 46.1 Å². The molecule has 0 spiro atoms. The van der Waals surface area contributed by atoms with Crippen LogP contribution in [0.1, 0.15) is 36.9 Å². The van der Waals surface area contributed by atoms with Crippen molar-refractivity contribution in [3.63, 3.8) is 0 Å². The van der Waals surface area contributed by atoms with E-state index in [9.17, 15) is 4.79 Å². The zero-order chi connectivity index (χ0) is 22.5. The number of aromatic nitrogens is 2. The Morgan fingerprint density at radius 2 is 1.69 bits per heavy atom. The first kappa shape index (κ1) is 22.3. The molecule has 0 bridgehead atoms. The maximum atomic E-state index is 10.6. The molecular weight excluding hydrogens is 400 g/mol. The fraction of sp³-hybridized carbons (Fsp3) is 0.407. The molecular formula is C27H32N2O3. The second kappa shape index (κ2) is 10.1. The van der Waals surface area contributed by atoms with Crippen LogP contribution < -0.4 is 0 Å². The molecule has 0 atom stereocenters. The number of carbonyl (C=O) groups is 1. The Kier molecular flexibility index (Phi) is 7.05. The number of nitrogens with zero attached hydrogens (tertiary/aromatic N) is 2. The highest BCUT2D eigenvalue weighted by Crippen LogP contribution is 2.36. The molecule has 168 valence electrons. The van der Waals surface area contributed by atoms with Crippen LogP contribution in [-0.4, -0.2) is 34.1 Å². The van der Waals surface area contributed by atoms with Crippen LogP contribution in [-0.2, 0) is 16.1 Å². The van der Waals surface area contributed by atoms with Gasteiger partial charge in [-0.3, -0.25) is 4.68 Å². The fourth-order valence-corrected chi connectivity index (χ4v) is 4.81. The Hall–Kier alpha value is -2.92. The third-order valence-corrected chi connectivity index (χ3v) is 6.54. The molecule has 0 aliphatic heterocycles. The molecule has 1 heterocycles. The van der Waals surface area contributed by atoms with Gasteiger partial charge in [0.25, 0.3) is 0 Å². The van der Waals surface area contributed by atoms with Gasteiger partial charge in [0.2, 0.25) is 0 Å². The van der Waals surface area contributed by atoms with Gasteiger partial charge in [-0.05, 0) is 63.0 Å². The van der Waals surface area contributed by atoms with Crippen molar-refractivity contribution >= 4 is 5.97 Å². The van der Waals surface area contributed by atoms with E-state index in [-0.39, 0.29) is 6.61 Å². The van der Waals surface area contributed by atoms with Crippen molar-refractivity contribution in [1.82, 2.24) is 9.78 Å². The zero-order valence-electron chi connectivity index (χ0n) is 19.0. The largest absolute Gasteiger partial charge is 0.480 e. The summed E-state index contributed by atoms with van der Waals surface area (Å²) in [6.45, 7) is 5.57. The van der Waals surface area contributed by atoms with Gasteiger partial charge in [0, 0.05) is 23.4 Å². The lowest BCUT2D eigenvalue weighted by atomic mass is 9.82. The number of carboxylic acid groups (broad SMARTS) is 1. The number of hydrogen-bond acceptors (Lipinski definition) is 3. The maximum absolute atomic E-state index is 10.6. The molecule has 1 saturated carbocycles. The standard InChI is InChI=1S/C27H32N2O3/c1-19-7-6-10-24(15-19)27-26(23-8-4-3-5-9-23)20(2)29(28-27)16-21-11-13-22(14-12-21)17-32-18-25(30)31/h3-10,15,21-22H,11-14,16-18H2,1-2H3,(H,30,31)/t21-,22-. The summed E-state index contributed by atoms with van der Waals surface area (Å²) in [6.07, 6.45) is 4.42. The fourth-order valence-electron chi connectivity index (χ4n) is 4.81. The average molecular weight is 433 g/mol. The summed E-state index contributed by atoms with van der Waals surface area (Å²) in [7, 11) is 0. The molecule has 1 aromatic heterocycles. The second-order valence-corrected chi connectivity index (χ2v) is 9.02. The van der Waals surface area contributed by atoms with Gasteiger partial charge in [-0.2, -0.15) is 5.10 Å². The SMILES string of the molecule is Cc1cccc(-c2nn(C[C@H]3CC[C@H](COCC(=O)O)CC3)c(C)c2-c2ccccc2)c1. The minimum Gasteiger partial charge on any atom is -0.480 e. The van der Waals surface area contributed by atoms with Crippen molar-refractivity contribution in [1.29, 1.82) is 0 Å². The van der Waals surface area contributed by atoms with E-state index in [1.165, 1.54) is 22.4 Å². The van der Waals surface area contributed by atoms with Crippen LogP contribution in [0, 0.1) is 25.7 Å². The first-order valence-electron chi connectivity index (χ1n) is 11.5. The predicted octanol–water partition coefficient (Wildman–Crippen LogP) is 5.74. The minimum absolute atomic E-state index is 0.198. The van der Waals surface area contributed by atoms with Crippen LogP contribution >= 0.6 is 0 Å². The highest BCUT2D eigenvalue weighted by Gasteiger charge is 2.24. The quantitative estimate of drug-likeness (QED) is 0.493. The molecule has 1 N–H and O–H groups in total. The monoisotopic (exact) mass is 432 g/mol. The van der Waals surface area contributed by atoms with Crippen molar-refractivity contribution in [3.8, 4) is 22.4 Å². The van der Waals surface area contributed by atoms with E-state index >= 15 is 0 Å². The lowest BCUT2D eigenvalue weighted by Crippen LogP contribution is -2.23. The summed E-state index contributed by atoms with van der Waals surface area (Å²) in [5.41, 5.74) is 7.06. The zero-order valence-corrected chi connectivity index (χ0v) is 19.0. The molecule has 2 aromatic carbocycles. The number of hydrogen-bond donors (Lipinski definition) is 1. The minimum atomic E-state index is -0.897. The topological polar surface area (TPSA) is 64.4 Å². The van der Waals surface area contributed by atoms with Crippen molar-refractivity contribution < 1.29 is 14.6 Å². The van der Waals surface area contributed by atoms with Crippen LogP contribution in [0.5, 0.6) is 0 Å². The van der Waals surface area contributed by atoms with E-state index in [1.807, 2.05) is 6.07 Å². The molecule has 5 nitrogen and oxygen atoms in total. The van der Waals surface area contributed by atoms with Gasteiger partial charge in [-0.25, -0.2) is 4.79 Å². The Balaban J connectivity index is 1.52. The molecule has 5 heteroatoms. The van der Waals surface area contributed by atoms with Crippen molar-refractivity contribution in [2.75, 3.05) is 13.2 Å². The number of rotatable bonds is 8. The van der Waals surface area contributed by atoms with Crippen molar-refractivity contribution in [2.24, 2.45) is 11.8 Å². The maximum Gasteiger partial charge on any atom is 0.329 e. The highest BCUT2D eigenvalue weighted by molar-refractivity contribution is 5.82. The number of aliphatic carboxylic acids is 1. The summed E-state index contributed by atoms with van der Waals surface area (Å²) in [5.74, 6) is 0.150. The summed E-state index contributed by atoms with van der Waals surface area (Å²) in [5, 5.41) is 13.9. The van der Waals surface area contributed by atoms with Gasteiger partial charge < -0.3 is 9.84 Å². The molecule has 0 amide bonds. The summed E-state index contributed by atoms with van der Waals surface area (Å²) < 4.78 is 7.52. The third-order valence-electron chi connectivity index (χ3n) is 6.54. The Bertz CT molecular complexity index is 1050. The van der Waals surface area contributed by atoms with E-state index in [4.69, 9.17) is 14.9 Å². The van der Waals surface area contributed by atoms with E-state index in [1.54, 1.807) is 0 Å². The van der Waals surface area contributed by atoms with Gasteiger partial charge >= 0.3 is 5.97 Å². The van der Waals surface area contributed by atoms with Crippen LogP contribution in [0.3, 0.4) is 0 Å². The van der Waals surface area contributed by atoms with Gasteiger partial charge in [0.15, 0.2) is 0 Å². The summed E-state index contributed by atoms with van der Waals surface area (Å²) >= 11 is 0. The van der Waals surface area contributed by atoms with Crippen LogP contribution in [0.4, 0.5) is 0 Å². The molecule has 0 radical (unpaired) electrons. The van der Waals surface area contributed by atoms with Gasteiger partial charge in [0.05, 0.1) is 6.61 Å². The lowest BCUT2D eigenvalue weighted by molar-refractivity contribution is -0.142. The molecule has 0 unspecified atom stereocenters. The molecule has 3 aromatic rings. The lowest BCUT2D eigenvalue weighted by Gasteiger charge is -2.28. The first-order valence-corrected chi connectivity index (χ1v) is 11.5. The number of benzene rings is 2. The second-order valence-electron chi connectivity index (χ2n) is 9.02. The molecule has 1 aliphatic carbocycles. The van der Waals surface area contributed by atoms with Crippen LogP contribution in [0.2, 0.25) is 0 Å². The van der Waals surface area contributed by atoms with Crippen LogP contribution in [0.25, 0.3) is 22.4 Å². The summed E-state index contributed by atoms with van der Waals surface area (Å²) in [4.78, 5) is 10.6. The Labute approximate surface area is 190 Å². The predicted molar refractivity (Wildman–Crippen MR) is 126 cm³/mol. The first-order chi connectivity index (χ1) is 15.5. The summed E-state index contributed by atoms with van der Waals surface area (Å²) in [6, 6.07) is 19.1. The molecule has 4 rings (SSSR count). The third kappa shape index (κ3) is 5.28. The number of ether oxygens (including phenoxy) is 1. The van der Waals surface area contributed by atoms with E-state index < -0.39 is 5.97 Å². The number of carboxylic acids is 1. The normalized spacial score (nSPS) is 18.6. The van der Waals surface area contributed by atoms with Crippen molar-refractivity contribution in [3.05, 3.63) is 65.9 Å². The van der Waals surface area contributed by atoms with E-state index in [0.717, 1.165) is 43.5 Å². The molecule has 1 fully saturated rings.